The molecule has 0 saturated heterocycles. The quantitative estimate of drug-likeness (QED) is 0.745. The first-order chi connectivity index (χ1) is 7.00. The number of nitrogens with one attached hydrogen (secondary N) is 1. The van der Waals surface area contributed by atoms with Crippen LogP contribution in [0.15, 0.2) is 0 Å². The van der Waals surface area contributed by atoms with E-state index in [1.165, 1.54) is 25.7 Å². The summed E-state index contributed by atoms with van der Waals surface area (Å²) < 4.78 is 0. The maximum atomic E-state index is 3.83. The van der Waals surface area contributed by atoms with Crippen molar-refractivity contribution in [2.45, 2.75) is 72.4 Å². The molecule has 0 spiro atoms. The van der Waals surface area contributed by atoms with Crippen LogP contribution >= 0.6 is 0 Å². The van der Waals surface area contributed by atoms with Gasteiger partial charge in [0.25, 0.3) is 0 Å². The molecule has 1 saturated carbocycles. The lowest BCUT2D eigenvalue weighted by Gasteiger charge is -2.36. The Hall–Kier alpha value is -0.0400. The molecule has 1 nitrogen and oxygen atoms in total. The molecule has 4 unspecified atom stereocenters. The third kappa shape index (κ3) is 4.14. The Bertz CT molecular complexity index is 176. The van der Waals surface area contributed by atoms with Crippen LogP contribution in [-0.2, 0) is 0 Å². The minimum Gasteiger partial charge on any atom is -0.311 e. The first kappa shape index (κ1) is 13.0. The van der Waals surface area contributed by atoms with Crippen molar-refractivity contribution in [2.24, 2.45) is 17.8 Å². The lowest BCUT2D eigenvalue weighted by atomic mass is 9.77. The van der Waals surface area contributed by atoms with Gasteiger partial charge in [-0.15, -0.1) is 0 Å². The molecule has 1 N–H and O–H groups in total. The van der Waals surface area contributed by atoms with E-state index >= 15 is 0 Å². The van der Waals surface area contributed by atoms with Crippen molar-refractivity contribution in [3.05, 3.63) is 0 Å². The van der Waals surface area contributed by atoms with Crippen molar-refractivity contribution in [3.8, 4) is 0 Å². The monoisotopic (exact) mass is 211 g/mol. The molecule has 0 aromatic heterocycles. The van der Waals surface area contributed by atoms with Crippen LogP contribution in [0.3, 0.4) is 0 Å². The van der Waals surface area contributed by atoms with Gasteiger partial charge in [0.15, 0.2) is 0 Å². The van der Waals surface area contributed by atoms with Crippen LogP contribution in [0.4, 0.5) is 0 Å². The van der Waals surface area contributed by atoms with Gasteiger partial charge in [-0.25, -0.2) is 0 Å². The van der Waals surface area contributed by atoms with Gasteiger partial charge in [0, 0.05) is 12.1 Å². The zero-order valence-electron chi connectivity index (χ0n) is 11.2. The van der Waals surface area contributed by atoms with E-state index in [4.69, 9.17) is 0 Å². The van der Waals surface area contributed by atoms with Gasteiger partial charge in [0.2, 0.25) is 0 Å². The van der Waals surface area contributed by atoms with Crippen LogP contribution in [0.2, 0.25) is 0 Å². The molecular formula is C14H29N. The van der Waals surface area contributed by atoms with E-state index < -0.39 is 0 Å². The van der Waals surface area contributed by atoms with Gasteiger partial charge in [-0.1, -0.05) is 40.5 Å². The summed E-state index contributed by atoms with van der Waals surface area (Å²) in [6.45, 7) is 11.8. The molecule has 0 aromatic rings. The lowest BCUT2D eigenvalue weighted by molar-refractivity contribution is 0.191. The fourth-order valence-corrected chi connectivity index (χ4v) is 2.96. The molecule has 1 fully saturated rings. The molecular weight excluding hydrogens is 182 g/mol. The Labute approximate surface area is 96.0 Å². The molecule has 1 aliphatic rings. The molecule has 0 aliphatic heterocycles. The van der Waals surface area contributed by atoms with Gasteiger partial charge in [-0.05, 0) is 37.5 Å². The summed E-state index contributed by atoms with van der Waals surface area (Å²) in [6.07, 6.45) is 5.53. The van der Waals surface area contributed by atoms with Gasteiger partial charge >= 0.3 is 0 Å². The van der Waals surface area contributed by atoms with Gasteiger partial charge < -0.3 is 5.32 Å². The van der Waals surface area contributed by atoms with Crippen molar-refractivity contribution >= 4 is 0 Å². The molecule has 0 amide bonds. The van der Waals surface area contributed by atoms with Crippen LogP contribution in [0, 0.1) is 17.8 Å². The van der Waals surface area contributed by atoms with E-state index in [1.54, 1.807) is 0 Å². The highest BCUT2D eigenvalue weighted by Gasteiger charge is 2.27. The summed E-state index contributed by atoms with van der Waals surface area (Å²) in [4.78, 5) is 0. The van der Waals surface area contributed by atoms with Crippen molar-refractivity contribution in [1.29, 1.82) is 0 Å². The fourth-order valence-electron chi connectivity index (χ4n) is 2.96. The van der Waals surface area contributed by atoms with Crippen LogP contribution in [-0.4, -0.2) is 12.1 Å². The van der Waals surface area contributed by atoms with Gasteiger partial charge in [0.05, 0.1) is 0 Å². The first-order valence-corrected chi connectivity index (χ1v) is 6.76. The van der Waals surface area contributed by atoms with Crippen molar-refractivity contribution < 1.29 is 0 Å². The van der Waals surface area contributed by atoms with Crippen molar-refractivity contribution in [3.63, 3.8) is 0 Å². The molecule has 90 valence electrons. The summed E-state index contributed by atoms with van der Waals surface area (Å²) in [6, 6.07) is 1.45. The standard InChI is InChI=1S/C14H29N/c1-10(2)9-12(4)15-14-8-6-7-11(3)13(14)5/h10-15H,6-9H2,1-5H3. The second kappa shape index (κ2) is 5.89. The van der Waals surface area contributed by atoms with E-state index in [9.17, 15) is 0 Å². The highest BCUT2D eigenvalue weighted by atomic mass is 15.0. The summed E-state index contributed by atoms with van der Waals surface area (Å²) >= 11 is 0. The van der Waals surface area contributed by atoms with Gasteiger partial charge in [0.1, 0.15) is 0 Å². The predicted octanol–water partition coefficient (Wildman–Crippen LogP) is 3.84. The maximum absolute atomic E-state index is 3.83. The summed E-state index contributed by atoms with van der Waals surface area (Å²) in [7, 11) is 0. The SMILES string of the molecule is CC(C)CC(C)NC1CCCC(C)C1C. The Kier molecular flexibility index (Phi) is 5.11. The predicted molar refractivity (Wildman–Crippen MR) is 68.0 cm³/mol. The van der Waals surface area contributed by atoms with Crippen LogP contribution < -0.4 is 5.32 Å². The zero-order valence-corrected chi connectivity index (χ0v) is 11.2. The van der Waals surface area contributed by atoms with Gasteiger partial charge in [-0.3, -0.25) is 0 Å². The lowest BCUT2D eigenvalue weighted by Crippen LogP contribution is -2.45. The Morgan fingerprint density at radius 1 is 1.13 bits per heavy atom. The molecule has 1 heteroatoms. The number of rotatable bonds is 4. The molecule has 0 aromatic carbocycles. The van der Waals surface area contributed by atoms with E-state index in [0.717, 1.165) is 23.8 Å². The average Bonchev–Trinajstić information content (AvgIpc) is 2.11. The van der Waals surface area contributed by atoms with Crippen LogP contribution in [0.1, 0.15) is 60.3 Å². The summed E-state index contributed by atoms with van der Waals surface area (Å²) in [5, 5.41) is 3.83. The van der Waals surface area contributed by atoms with Crippen molar-refractivity contribution in [2.75, 3.05) is 0 Å². The molecule has 1 aliphatic carbocycles. The van der Waals surface area contributed by atoms with E-state index in [1.807, 2.05) is 0 Å². The summed E-state index contributed by atoms with van der Waals surface area (Å²) in [5.41, 5.74) is 0. The largest absolute Gasteiger partial charge is 0.311 e. The molecule has 0 bridgehead atoms. The molecule has 4 atom stereocenters. The Morgan fingerprint density at radius 2 is 1.80 bits per heavy atom. The van der Waals surface area contributed by atoms with Crippen LogP contribution in [0.25, 0.3) is 0 Å². The molecule has 0 heterocycles. The fraction of sp³-hybridized carbons (Fsp3) is 1.00. The Morgan fingerprint density at radius 3 is 2.40 bits per heavy atom. The van der Waals surface area contributed by atoms with E-state index in [0.29, 0.717) is 6.04 Å². The third-order valence-corrected chi connectivity index (χ3v) is 4.03. The molecule has 1 rings (SSSR count). The van der Waals surface area contributed by atoms with Crippen LogP contribution in [0.5, 0.6) is 0 Å². The zero-order chi connectivity index (χ0) is 11.4. The second-order valence-corrected chi connectivity index (χ2v) is 6.07. The normalized spacial score (nSPS) is 34.4. The summed E-state index contributed by atoms with van der Waals surface area (Å²) in [5.74, 6) is 2.57. The molecule has 0 radical (unpaired) electrons. The van der Waals surface area contributed by atoms with Crippen molar-refractivity contribution in [1.82, 2.24) is 5.32 Å². The minimum absolute atomic E-state index is 0.683. The Balaban J connectivity index is 2.36. The van der Waals surface area contributed by atoms with E-state index in [-0.39, 0.29) is 0 Å². The average molecular weight is 211 g/mol. The minimum atomic E-state index is 0.683. The van der Waals surface area contributed by atoms with Gasteiger partial charge in [-0.2, -0.15) is 0 Å². The number of hydrogen-bond acceptors (Lipinski definition) is 1. The van der Waals surface area contributed by atoms with E-state index in [2.05, 4.69) is 39.9 Å². The highest BCUT2D eigenvalue weighted by Crippen LogP contribution is 2.29. The first-order valence-electron chi connectivity index (χ1n) is 6.76. The smallest absolute Gasteiger partial charge is 0.00977 e. The molecule has 15 heavy (non-hydrogen) atoms. The third-order valence-electron chi connectivity index (χ3n) is 4.03. The topological polar surface area (TPSA) is 12.0 Å². The maximum Gasteiger partial charge on any atom is 0.00977 e. The second-order valence-electron chi connectivity index (χ2n) is 6.07. The highest BCUT2D eigenvalue weighted by molar-refractivity contribution is 4.84. The number of hydrogen-bond donors (Lipinski definition) is 1.